The molecule has 11 rings (SSSR count). The Morgan fingerprint density at radius 1 is 0.167 bits per heavy atom. The Morgan fingerprint density at radius 3 is 0.788 bits per heavy atom. The van der Waals surface area contributed by atoms with E-state index in [-0.39, 0.29) is 0 Å². The molecule has 66 heavy (non-hydrogen) atoms. The lowest BCUT2D eigenvalue weighted by Crippen LogP contribution is -2.02. The van der Waals surface area contributed by atoms with Crippen molar-refractivity contribution < 1.29 is 0 Å². The lowest BCUT2D eigenvalue weighted by molar-refractivity contribution is 1.18. The minimum atomic E-state index is 0.670. The number of aromatic nitrogens is 2. The number of benzene rings is 10. The summed E-state index contributed by atoms with van der Waals surface area (Å²) in [5, 5.41) is 0. The second-order valence-corrected chi connectivity index (χ2v) is 16.4. The van der Waals surface area contributed by atoms with E-state index in [0.29, 0.717) is 5.82 Å². The van der Waals surface area contributed by atoms with Crippen LogP contribution >= 0.6 is 0 Å². The van der Waals surface area contributed by atoms with E-state index in [2.05, 4.69) is 261 Å². The molecule has 1 heterocycles. The van der Waals surface area contributed by atoms with E-state index in [1.807, 2.05) is 6.07 Å². The molecule has 0 bridgehead atoms. The third kappa shape index (κ3) is 7.93. The molecule has 10 aromatic carbocycles. The van der Waals surface area contributed by atoms with Gasteiger partial charge in [-0.3, -0.25) is 0 Å². The van der Waals surface area contributed by atoms with Gasteiger partial charge in [0, 0.05) is 16.7 Å². The normalized spacial score (nSPS) is 11.0. The number of rotatable bonds is 10. The highest BCUT2D eigenvalue weighted by Gasteiger charge is 2.29. The molecule has 2 heteroatoms. The minimum absolute atomic E-state index is 0.670. The SMILES string of the molecule is c1ccc(-c2cccc(-c3cc(-c4ccccc4)nc(-c4ccc(-c5c(-c6ccccc6)c(-c6ccccc6)c(-c6ccccc6)c(-c6ccccc6)c5-c5ccccc5)cc4)n3)c2)cc1. The van der Waals surface area contributed by atoms with Crippen molar-refractivity contribution in [3.63, 3.8) is 0 Å². The summed E-state index contributed by atoms with van der Waals surface area (Å²) in [5.41, 5.74) is 21.0. The highest BCUT2D eigenvalue weighted by atomic mass is 14.9. The van der Waals surface area contributed by atoms with Crippen molar-refractivity contribution in [3.05, 3.63) is 267 Å². The monoisotopic (exact) mass is 840 g/mol. The Labute approximate surface area is 386 Å². The van der Waals surface area contributed by atoms with Crippen LogP contribution in [0.2, 0.25) is 0 Å². The van der Waals surface area contributed by atoms with Crippen molar-refractivity contribution in [3.8, 4) is 112 Å². The van der Waals surface area contributed by atoms with Crippen LogP contribution in [0.5, 0.6) is 0 Å². The Morgan fingerprint density at radius 2 is 0.424 bits per heavy atom. The molecule has 0 spiro atoms. The topological polar surface area (TPSA) is 25.8 Å². The van der Waals surface area contributed by atoms with Crippen LogP contribution in [-0.4, -0.2) is 9.97 Å². The van der Waals surface area contributed by atoms with Crippen LogP contribution in [0.25, 0.3) is 112 Å². The van der Waals surface area contributed by atoms with Gasteiger partial charge in [0.1, 0.15) is 0 Å². The predicted octanol–water partition coefficient (Wildman–Crippen LogP) is 17.1. The second kappa shape index (κ2) is 18.2. The zero-order valence-corrected chi connectivity index (χ0v) is 36.3. The Hall–Kier alpha value is -8.72. The zero-order chi connectivity index (χ0) is 44.1. The van der Waals surface area contributed by atoms with Crippen LogP contribution in [-0.2, 0) is 0 Å². The summed E-state index contributed by atoms with van der Waals surface area (Å²) < 4.78 is 0. The zero-order valence-electron chi connectivity index (χ0n) is 36.3. The molecule has 310 valence electrons. The molecule has 0 amide bonds. The first kappa shape index (κ1) is 40.1. The molecule has 0 fully saturated rings. The predicted molar refractivity (Wildman–Crippen MR) is 276 cm³/mol. The molecule has 0 saturated carbocycles. The van der Waals surface area contributed by atoms with Gasteiger partial charge in [-0.2, -0.15) is 0 Å². The molecular weight excluding hydrogens is 797 g/mol. The van der Waals surface area contributed by atoms with Crippen molar-refractivity contribution in [2.75, 3.05) is 0 Å². The van der Waals surface area contributed by atoms with Gasteiger partial charge in [0.05, 0.1) is 11.4 Å². The van der Waals surface area contributed by atoms with Gasteiger partial charge < -0.3 is 0 Å². The van der Waals surface area contributed by atoms with Gasteiger partial charge in [-0.25, -0.2) is 9.97 Å². The molecule has 0 aliphatic carbocycles. The van der Waals surface area contributed by atoms with Gasteiger partial charge in [-0.05, 0) is 90.0 Å². The minimum Gasteiger partial charge on any atom is -0.228 e. The molecule has 0 atom stereocenters. The van der Waals surface area contributed by atoms with Crippen LogP contribution in [0.1, 0.15) is 0 Å². The summed E-state index contributed by atoms with van der Waals surface area (Å²) in [7, 11) is 0. The maximum absolute atomic E-state index is 5.31. The third-order valence-electron chi connectivity index (χ3n) is 12.3. The van der Waals surface area contributed by atoms with E-state index in [9.17, 15) is 0 Å². The Kier molecular flexibility index (Phi) is 11.0. The summed E-state index contributed by atoms with van der Waals surface area (Å²) in [5.74, 6) is 0.670. The first-order valence-corrected chi connectivity index (χ1v) is 22.5. The van der Waals surface area contributed by atoms with E-state index >= 15 is 0 Å². The van der Waals surface area contributed by atoms with Gasteiger partial charge >= 0.3 is 0 Å². The largest absolute Gasteiger partial charge is 0.228 e. The van der Waals surface area contributed by atoms with Crippen LogP contribution < -0.4 is 0 Å². The maximum Gasteiger partial charge on any atom is 0.160 e. The summed E-state index contributed by atoms with van der Waals surface area (Å²) in [6, 6.07) is 95.1. The van der Waals surface area contributed by atoms with E-state index in [0.717, 1.165) is 72.6 Å². The lowest BCUT2D eigenvalue weighted by atomic mass is 9.74. The average Bonchev–Trinajstić information content (AvgIpc) is 3.41. The fourth-order valence-corrected chi connectivity index (χ4v) is 9.26. The molecule has 0 aliphatic rings. The van der Waals surface area contributed by atoms with E-state index in [1.54, 1.807) is 0 Å². The highest BCUT2D eigenvalue weighted by Crippen LogP contribution is 2.56. The summed E-state index contributed by atoms with van der Waals surface area (Å²) in [4.78, 5) is 10.6. The Bertz CT molecular complexity index is 3290. The summed E-state index contributed by atoms with van der Waals surface area (Å²) in [6.45, 7) is 0. The van der Waals surface area contributed by atoms with Crippen molar-refractivity contribution >= 4 is 0 Å². The van der Waals surface area contributed by atoms with E-state index in [4.69, 9.17) is 9.97 Å². The first-order valence-electron chi connectivity index (χ1n) is 22.5. The van der Waals surface area contributed by atoms with Crippen molar-refractivity contribution in [2.45, 2.75) is 0 Å². The number of hydrogen-bond donors (Lipinski definition) is 0. The lowest BCUT2D eigenvalue weighted by Gasteiger charge is -2.28. The quantitative estimate of drug-likeness (QED) is 0.137. The molecule has 0 saturated heterocycles. The molecule has 0 N–H and O–H groups in total. The van der Waals surface area contributed by atoms with Crippen LogP contribution in [0.4, 0.5) is 0 Å². The van der Waals surface area contributed by atoms with Gasteiger partial charge in [0.15, 0.2) is 5.82 Å². The average molecular weight is 841 g/mol. The van der Waals surface area contributed by atoms with Gasteiger partial charge in [-0.15, -0.1) is 0 Å². The Balaban J connectivity index is 1.19. The van der Waals surface area contributed by atoms with Crippen LogP contribution in [0.3, 0.4) is 0 Å². The fourth-order valence-electron chi connectivity index (χ4n) is 9.26. The standard InChI is InChI=1S/C64H44N2/c1-8-23-45(24-9-1)54-37-22-38-55(43-54)57-44-56(46-25-10-2-11-26-46)65-64(66-57)53-41-39-52(40-42-53)63-61(50-33-18-6-19-34-50)59(48-29-14-4-15-30-48)58(47-27-12-3-13-28-47)60(49-31-16-5-17-32-49)62(63)51-35-20-7-21-36-51/h1-44H. The number of hydrogen-bond acceptors (Lipinski definition) is 2. The summed E-state index contributed by atoms with van der Waals surface area (Å²) in [6.07, 6.45) is 0. The van der Waals surface area contributed by atoms with Gasteiger partial charge in [0.2, 0.25) is 0 Å². The first-order chi connectivity index (χ1) is 32.8. The van der Waals surface area contributed by atoms with E-state index < -0.39 is 0 Å². The molecule has 0 unspecified atom stereocenters. The van der Waals surface area contributed by atoms with Crippen LogP contribution in [0.15, 0.2) is 267 Å². The van der Waals surface area contributed by atoms with Crippen molar-refractivity contribution in [2.24, 2.45) is 0 Å². The molecule has 2 nitrogen and oxygen atoms in total. The molecule has 1 aromatic heterocycles. The number of nitrogens with zero attached hydrogens (tertiary/aromatic N) is 2. The molecule has 11 aromatic rings. The highest BCUT2D eigenvalue weighted by molar-refractivity contribution is 6.15. The van der Waals surface area contributed by atoms with Crippen molar-refractivity contribution in [1.29, 1.82) is 0 Å². The van der Waals surface area contributed by atoms with E-state index in [1.165, 1.54) is 33.4 Å². The second-order valence-electron chi connectivity index (χ2n) is 16.4. The third-order valence-corrected chi connectivity index (χ3v) is 12.3. The fraction of sp³-hybridized carbons (Fsp3) is 0. The van der Waals surface area contributed by atoms with Gasteiger partial charge in [0.25, 0.3) is 0 Å². The smallest absolute Gasteiger partial charge is 0.160 e. The molecule has 0 radical (unpaired) electrons. The maximum atomic E-state index is 5.31. The molecular formula is C64H44N2. The summed E-state index contributed by atoms with van der Waals surface area (Å²) >= 11 is 0. The van der Waals surface area contributed by atoms with Crippen molar-refractivity contribution in [1.82, 2.24) is 9.97 Å². The molecule has 0 aliphatic heterocycles. The van der Waals surface area contributed by atoms with Crippen LogP contribution in [0, 0.1) is 0 Å². The van der Waals surface area contributed by atoms with Gasteiger partial charge in [-0.1, -0.05) is 255 Å².